The largest absolute Gasteiger partial charge is 0.497 e. The summed E-state index contributed by atoms with van der Waals surface area (Å²) in [4.78, 5) is 0.0583. The average molecular weight is 366 g/mol. The summed E-state index contributed by atoms with van der Waals surface area (Å²) in [5.41, 5.74) is 1.97. The first kappa shape index (κ1) is 15.6. The van der Waals surface area contributed by atoms with E-state index in [1.807, 2.05) is 12.1 Å². The van der Waals surface area contributed by atoms with Gasteiger partial charge in [-0.15, -0.1) is 10.2 Å². The number of aromatic nitrogens is 6. The van der Waals surface area contributed by atoms with Gasteiger partial charge in [-0.05, 0) is 30.3 Å². The van der Waals surface area contributed by atoms with Crippen LogP contribution in [0.5, 0.6) is 5.75 Å². The van der Waals surface area contributed by atoms with Gasteiger partial charge in [-0.25, -0.2) is 0 Å². The molecule has 0 amide bonds. The third-order valence-corrected chi connectivity index (χ3v) is 4.37. The summed E-state index contributed by atoms with van der Waals surface area (Å²) in [6.45, 7) is 0. The van der Waals surface area contributed by atoms with Crippen molar-refractivity contribution in [1.29, 1.82) is 0 Å². The molecule has 0 bridgehead atoms. The highest BCUT2D eigenvalue weighted by atomic mass is 32.1. The van der Waals surface area contributed by atoms with E-state index in [1.54, 1.807) is 25.3 Å². The smallest absolute Gasteiger partial charge is 0.453 e. The van der Waals surface area contributed by atoms with Gasteiger partial charge in [-0.1, -0.05) is 11.3 Å². The molecule has 0 aliphatic heterocycles. The number of H-pyrrole nitrogens is 1. The van der Waals surface area contributed by atoms with Crippen molar-refractivity contribution in [1.82, 2.24) is 30.0 Å². The van der Waals surface area contributed by atoms with Crippen molar-refractivity contribution in [2.24, 2.45) is 0 Å². The van der Waals surface area contributed by atoms with Crippen molar-refractivity contribution >= 4 is 16.3 Å². The molecule has 11 heteroatoms. The fourth-order valence-electron chi connectivity index (χ4n) is 2.24. The van der Waals surface area contributed by atoms with Crippen LogP contribution in [-0.4, -0.2) is 37.1 Å². The number of rotatable bonds is 3. The van der Waals surface area contributed by atoms with E-state index in [0.29, 0.717) is 26.7 Å². The maximum Gasteiger partial charge on any atom is 0.453 e. The van der Waals surface area contributed by atoms with Crippen LogP contribution in [-0.2, 0) is 6.18 Å². The summed E-state index contributed by atoms with van der Waals surface area (Å²) in [5, 5.41) is 17.9. The number of nitrogens with zero attached hydrogens (tertiary/aromatic N) is 5. The number of halogens is 3. The number of aromatic amines is 1. The zero-order valence-corrected chi connectivity index (χ0v) is 13.4. The number of alkyl halides is 3. The minimum atomic E-state index is -4.62. The van der Waals surface area contributed by atoms with E-state index in [1.165, 1.54) is 0 Å². The van der Waals surface area contributed by atoms with Crippen molar-refractivity contribution in [3.05, 3.63) is 36.2 Å². The molecule has 7 nitrogen and oxygen atoms in total. The van der Waals surface area contributed by atoms with Crippen molar-refractivity contribution in [3.8, 4) is 27.7 Å². The minimum absolute atomic E-state index is 0.0583. The average Bonchev–Trinajstić information content (AvgIpc) is 3.28. The fraction of sp³-hybridized carbons (Fsp3) is 0.143. The molecule has 0 saturated heterocycles. The number of methoxy groups -OCH3 is 1. The summed E-state index contributed by atoms with van der Waals surface area (Å²) in [6.07, 6.45) is -4.62. The van der Waals surface area contributed by atoms with E-state index in [2.05, 4.69) is 25.5 Å². The first-order valence-electron chi connectivity index (χ1n) is 6.95. The van der Waals surface area contributed by atoms with E-state index < -0.39 is 12.0 Å². The van der Waals surface area contributed by atoms with Gasteiger partial charge in [0.05, 0.1) is 18.5 Å². The van der Waals surface area contributed by atoms with E-state index in [0.717, 1.165) is 16.9 Å². The van der Waals surface area contributed by atoms with Crippen LogP contribution in [0.1, 0.15) is 5.82 Å². The molecule has 3 aromatic heterocycles. The molecule has 0 aliphatic rings. The Labute approximate surface area is 142 Å². The molecule has 0 unspecified atom stereocenters. The number of hydrogen-bond acceptors (Lipinski definition) is 6. The second kappa shape index (κ2) is 5.55. The first-order chi connectivity index (χ1) is 12.0. The first-order valence-corrected chi connectivity index (χ1v) is 7.77. The quantitative estimate of drug-likeness (QED) is 0.602. The van der Waals surface area contributed by atoms with E-state index in [-0.39, 0.29) is 4.96 Å². The Hall–Kier alpha value is -2.95. The van der Waals surface area contributed by atoms with Crippen LogP contribution in [0.2, 0.25) is 0 Å². The highest BCUT2D eigenvalue weighted by Gasteiger charge is 2.38. The van der Waals surface area contributed by atoms with Crippen LogP contribution in [0.15, 0.2) is 30.3 Å². The zero-order chi connectivity index (χ0) is 17.6. The summed E-state index contributed by atoms with van der Waals surface area (Å²) >= 11 is 0.989. The molecule has 0 saturated carbocycles. The van der Waals surface area contributed by atoms with Gasteiger partial charge in [0.15, 0.2) is 5.01 Å². The number of benzene rings is 1. The van der Waals surface area contributed by atoms with Gasteiger partial charge in [-0.2, -0.15) is 27.9 Å². The Bertz CT molecular complexity index is 1030. The Morgan fingerprint density at radius 2 is 1.92 bits per heavy atom. The second-order valence-electron chi connectivity index (χ2n) is 5.02. The van der Waals surface area contributed by atoms with Crippen LogP contribution in [0, 0.1) is 0 Å². The highest BCUT2D eigenvalue weighted by molar-refractivity contribution is 7.19. The van der Waals surface area contributed by atoms with Gasteiger partial charge >= 0.3 is 6.18 Å². The molecule has 0 fully saturated rings. The molecular formula is C14H9F3N6OS. The Balaban J connectivity index is 1.70. The second-order valence-corrected chi connectivity index (χ2v) is 5.97. The Morgan fingerprint density at radius 3 is 2.60 bits per heavy atom. The maximum atomic E-state index is 12.9. The molecule has 0 radical (unpaired) electrons. The van der Waals surface area contributed by atoms with Crippen molar-refractivity contribution < 1.29 is 17.9 Å². The molecule has 0 spiro atoms. The third kappa shape index (κ3) is 2.71. The predicted octanol–water partition coefficient (Wildman–Crippen LogP) is 3.27. The minimum Gasteiger partial charge on any atom is -0.497 e. The summed E-state index contributed by atoms with van der Waals surface area (Å²) in [5.74, 6) is -0.437. The van der Waals surface area contributed by atoms with Crippen molar-refractivity contribution in [2.45, 2.75) is 6.18 Å². The zero-order valence-electron chi connectivity index (χ0n) is 12.6. The lowest BCUT2D eigenvalue weighted by atomic mass is 10.1. The maximum absolute atomic E-state index is 12.9. The van der Waals surface area contributed by atoms with Gasteiger partial charge in [0.1, 0.15) is 5.75 Å². The topological polar surface area (TPSA) is 81.0 Å². The van der Waals surface area contributed by atoms with Gasteiger partial charge in [0.25, 0.3) is 5.82 Å². The summed E-state index contributed by atoms with van der Waals surface area (Å²) < 4.78 is 44.4. The normalized spacial score (nSPS) is 12.0. The van der Waals surface area contributed by atoms with Crippen LogP contribution < -0.4 is 4.74 Å². The molecule has 3 heterocycles. The summed E-state index contributed by atoms with van der Waals surface area (Å²) in [7, 11) is 1.57. The number of fused-ring (bicyclic) bond motifs is 1. The van der Waals surface area contributed by atoms with Crippen LogP contribution in [0.3, 0.4) is 0 Å². The lowest BCUT2D eigenvalue weighted by Gasteiger charge is -2.00. The van der Waals surface area contributed by atoms with Gasteiger partial charge in [-0.3, -0.25) is 5.10 Å². The fourth-order valence-corrected chi connectivity index (χ4v) is 3.05. The number of nitrogens with one attached hydrogen (secondary N) is 1. The van der Waals surface area contributed by atoms with Crippen LogP contribution >= 0.6 is 11.3 Å². The van der Waals surface area contributed by atoms with Crippen molar-refractivity contribution in [3.63, 3.8) is 0 Å². The number of ether oxygens (including phenoxy) is 1. The molecular weight excluding hydrogens is 357 g/mol. The van der Waals surface area contributed by atoms with E-state index >= 15 is 0 Å². The summed E-state index contributed by atoms with van der Waals surface area (Å²) in [6, 6.07) is 8.96. The molecule has 4 rings (SSSR count). The molecule has 0 atom stereocenters. The molecule has 1 aromatic carbocycles. The van der Waals surface area contributed by atoms with Gasteiger partial charge in [0.2, 0.25) is 4.96 Å². The SMILES string of the molecule is COc1ccc(-c2cc(-c3nn4c(C(F)(F)F)nnc4s3)[nH]n2)cc1. The molecule has 4 aromatic rings. The third-order valence-electron chi connectivity index (χ3n) is 3.44. The van der Waals surface area contributed by atoms with Gasteiger partial charge in [0, 0.05) is 5.56 Å². The standard InChI is InChI=1S/C14H9F3N6OS/c1-24-8-4-2-7(3-5-8)9-6-10(19-18-9)11-22-23-12(14(15,16)17)20-21-13(23)25-11/h2-6H,1H3,(H,18,19). The van der Waals surface area contributed by atoms with Crippen molar-refractivity contribution in [2.75, 3.05) is 7.11 Å². The number of hydrogen-bond donors (Lipinski definition) is 1. The lowest BCUT2D eigenvalue weighted by molar-refractivity contribution is -0.146. The highest BCUT2D eigenvalue weighted by Crippen LogP contribution is 2.32. The molecule has 128 valence electrons. The lowest BCUT2D eigenvalue weighted by Crippen LogP contribution is -2.11. The van der Waals surface area contributed by atoms with Crippen LogP contribution in [0.4, 0.5) is 13.2 Å². The molecule has 0 aliphatic carbocycles. The van der Waals surface area contributed by atoms with E-state index in [4.69, 9.17) is 4.74 Å². The van der Waals surface area contributed by atoms with Gasteiger partial charge < -0.3 is 4.74 Å². The molecule has 1 N–H and O–H groups in total. The van der Waals surface area contributed by atoms with Crippen LogP contribution in [0.25, 0.3) is 26.9 Å². The van der Waals surface area contributed by atoms with E-state index in [9.17, 15) is 13.2 Å². The predicted molar refractivity (Wildman–Crippen MR) is 83.2 cm³/mol. The molecule has 25 heavy (non-hydrogen) atoms. The Kier molecular flexibility index (Phi) is 3.46. The Morgan fingerprint density at radius 1 is 1.16 bits per heavy atom. The monoisotopic (exact) mass is 366 g/mol.